The zero-order chi connectivity index (χ0) is 31.9. The van der Waals surface area contributed by atoms with E-state index in [0.29, 0.717) is 25.6 Å². The van der Waals surface area contributed by atoms with Crippen LogP contribution >= 0.6 is 0 Å². The molecule has 6 rings (SSSR count). The zero-order valence-electron chi connectivity index (χ0n) is 27.0. The minimum absolute atomic E-state index is 0.0114. The van der Waals surface area contributed by atoms with E-state index >= 15 is 0 Å². The largest absolute Gasteiger partial charge is 0.493 e. The number of ether oxygens (including phenoxy) is 2. The lowest BCUT2D eigenvalue weighted by atomic mass is 9.92. The van der Waals surface area contributed by atoms with Crippen molar-refractivity contribution in [2.75, 3.05) is 13.2 Å². The number of fused-ring (bicyclic) bond motifs is 2. The predicted molar refractivity (Wildman–Crippen MR) is 184 cm³/mol. The predicted octanol–water partition coefficient (Wildman–Crippen LogP) is 7.28. The Kier molecular flexibility index (Phi) is 10.1. The van der Waals surface area contributed by atoms with Gasteiger partial charge >= 0.3 is 0 Å². The van der Waals surface area contributed by atoms with Crippen molar-refractivity contribution < 1.29 is 14.3 Å². The Labute approximate surface area is 271 Å². The Morgan fingerprint density at radius 2 is 1.54 bits per heavy atom. The molecule has 1 heterocycles. The third-order valence-electron chi connectivity index (χ3n) is 8.65. The lowest BCUT2D eigenvalue weighted by Crippen LogP contribution is -2.39. The molecule has 4 aromatic carbocycles. The number of amides is 1. The van der Waals surface area contributed by atoms with Crippen LogP contribution < -0.4 is 20.5 Å². The van der Waals surface area contributed by atoms with E-state index < -0.39 is 0 Å². The van der Waals surface area contributed by atoms with E-state index in [9.17, 15) is 4.79 Å². The van der Waals surface area contributed by atoms with E-state index in [1.165, 1.54) is 0 Å². The number of carbonyl (C=O) groups excluding carboxylic acids is 1. The van der Waals surface area contributed by atoms with Gasteiger partial charge < -0.3 is 20.5 Å². The van der Waals surface area contributed by atoms with E-state index in [0.717, 1.165) is 88.4 Å². The van der Waals surface area contributed by atoms with E-state index in [-0.39, 0.29) is 24.5 Å². The summed E-state index contributed by atoms with van der Waals surface area (Å²) >= 11 is 0. The lowest BCUT2D eigenvalue weighted by molar-refractivity contribution is -0.123. The molecular formula is C38H45N5O3. The molecule has 46 heavy (non-hydrogen) atoms. The number of nitrogens with one attached hydrogen (secondary N) is 1. The number of aromatic nitrogens is 3. The van der Waals surface area contributed by atoms with Gasteiger partial charge in [-0.15, -0.1) is 5.10 Å². The molecule has 0 unspecified atom stereocenters. The van der Waals surface area contributed by atoms with Crippen LogP contribution in [0.1, 0.15) is 58.1 Å². The maximum absolute atomic E-state index is 12.5. The lowest BCUT2D eigenvalue weighted by Gasteiger charge is -2.20. The first-order chi connectivity index (χ1) is 22.5. The van der Waals surface area contributed by atoms with Crippen molar-refractivity contribution in [3.8, 4) is 22.6 Å². The molecule has 1 saturated carbocycles. The van der Waals surface area contributed by atoms with E-state index in [1.807, 2.05) is 16.9 Å². The van der Waals surface area contributed by atoms with Gasteiger partial charge in [-0.2, -0.15) is 0 Å². The number of nitrogens with two attached hydrogens (primary N) is 1. The van der Waals surface area contributed by atoms with Gasteiger partial charge in [-0.05, 0) is 78.2 Å². The first kappa shape index (κ1) is 31.5. The van der Waals surface area contributed by atoms with Gasteiger partial charge in [-0.25, -0.2) is 0 Å². The molecule has 240 valence electrons. The molecule has 1 aromatic heterocycles. The topological polar surface area (TPSA) is 104 Å². The van der Waals surface area contributed by atoms with Crippen LogP contribution in [0, 0.1) is 11.8 Å². The number of nitrogens with zero attached hydrogens (tertiary/aromatic N) is 3. The van der Waals surface area contributed by atoms with Gasteiger partial charge in [0.05, 0.1) is 19.3 Å². The Morgan fingerprint density at radius 1 is 0.891 bits per heavy atom. The molecule has 0 bridgehead atoms. The second kappa shape index (κ2) is 14.8. The van der Waals surface area contributed by atoms with Gasteiger partial charge in [0, 0.05) is 23.1 Å². The second-order valence-electron chi connectivity index (χ2n) is 12.8. The van der Waals surface area contributed by atoms with Crippen molar-refractivity contribution in [2.45, 2.75) is 71.6 Å². The molecule has 1 amide bonds. The Balaban J connectivity index is 1.28. The summed E-state index contributed by atoms with van der Waals surface area (Å²) in [5.41, 5.74) is 8.48. The first-order valence-electron chi connectivity index (χ1n) is 16.7. The molecule has 1 atom stereocenters. The molecule has 1 fully saturated rings. The van der Waals surface area contributed by atoms with Gasteiger partial charge in [-0.3, -0.25) is 9.48 Å². The van der Waals surface area contributed by atoms with Crippen LogP contribution in [0.5, 0.6) is 11.5 Å². The summed E-state index contributed by atoms with van der Waals surface area (Å²) in [4.78, 5) is 12.5. The van der Waals surface area contributed by atoms with Crippen LogP contribution in [0.2, 0.25) is 0 Å². The summed E-state index contributed by atoms with van der Waals surface area (Å²) in [5.74, 6) is 2.46. The summed E-state index contributed by atoms with van der Waals surface area (Å²) in [7, 11) is 0. The van der Waals surface area contributed by atoms with E-state index in [2.05, 4.69) is 96.2 Å². The fourth-order valence-corrected chi connectivity index (χ4v) is 5.94. The van der Waals surface area contributed by atoms with Crippen LogP contribution in [0.4, 0.5) is 0 Å². The molecule has 5 aromatic rings. The van der Waals surface area contributed by atoms with E-state index in [4.69, 9.17) is 15.2 Å². The fourth-order valence-electron chi connectivity index (χ4n) is 5.94. The average molecular weight is 620 g/mol. The summed E-state index contributed by atoms with van der Waals surface area (Å²) in [5, 5.41) is 16.5. The SMILES string of the molecule is CC(C)CCOc1ccc2ccccc2c1-c1c(OCc2cn(C[C@@H](CCCCN)NC(=O)C3CC3)nn2)ccc2ccccc12. The van der Waals surface area contributed by atoms with Crippen molar-refractivity contribution in [3.63, 3.8) is 0 Å². The summed E-state index contributed by atoms with van der Waals surface area (Å²) < 4.78 is 14.9. The van der Waals surface area contributed by atoms with Crippen molar-refractivity contribution in [3.05, 3.63) is 84.7 Å². The summed E-state index contributed by atoms with van der Waals surface area (Å²) in [6, 6.07) is 25.2. The quantitative estimate of drug-likeness (QED) is 0.113. The monoisotopic (exact) mass is 619 g/mol. The summed E-state index contributed by atoms with van der Waals surface area (Å²) in [6.45, 7) is 6.53. The van der Waals surface area contributed by atoms with Gasteiger partial charge in [0.1, 0.15) is 23.8 Å². The number of carbonyl (C=O) groups is 1. The van der Waals surface area contributed by atoms with Crippen molar-refractivity contribution in [2.24, 2.45) is 17.6 Å². The minimum atomic E-state index is -0.0114. The number of unbranched alkanes of at least 4 members (excludes halogenated alkanes) is 1. The number of benzene rings is 4. The van der Waals surface area contributed by atoms with Crippen LogP contribution in [0.25, 0.3) is 32.7 Å². The maximum Gasteiger partial charge on any atom is 0.223 e. The van der Waals surface area contributed by atoms with Crippen molar-refractivity contribution >= 4 is 27.5 Å². The minimum Gasteiger partial charge on any atom is -0.493 e. The fraction of sp³-hybridized carbons (Fsp3) is 0.395. The van der Waals surface area contributed by atoms with Gasteiger partial charge in [0.2, 0.25) is 5.91 Å². The highest BCUT2D eigenvalue weighted by Crippen LogP contribution is 2.45. The van der Waals surface area contributed by atoms with Crippen LogP contribution in [0.15, 0.2) is 79.0 Å². The van der Waals surface area contributed by atoms with Crippen LogP contribution in [-0.2, 0) is 17.9 Å². The third kappa shape index (κ3) is 7.68. The molecule has 8 nitrogen and oxygen atoms in total. The van der Waals surface area contributed by atoms with Gasteiger partial charge in [0.25, 0.3) is 0 Å². The number of hydrogen-bond acceptors (Lipinski definition) is 6. The Bertz CT molecular complexity index is 1780. The van der Waals surface area contributed by atoms with Gasteiger partial charge in [0.15, 0.2) is 0 Å². The molecule has 0 aliphatic heterocycles. The Morgan fingerprint density at radius 3 is 2.17 bits per heavy atom. The molecule has 0 radical (unpaired) electrons. The van der Waals surface area contributed by atoms with Crippen LogP contribution in [-0.4, -0.2) is 40.1 Å². The molecule has 1 aliphatic carbocycles. The van der Waals surface area contributed by atoms with E-state index in [1.54, 1.807) is 0 Å². The third-order valence-corrected chi connectivity index (χ3v) is 8.65. The second-order valence-corrected chi connectivity index (χ2v) is 12.8. The zero-order valence-corrected chi connectivity index (χ0v) is 27.0. The molecule has 8 heteroatoms. The van der Waals surface area contributed by atoms with Crippen molar-refractivity contribution in [1.29, 1.82) is 0 Å². The standard InChI is InChI=1S/C38H45N5O3/c1-26(2)20-22-45-34-18-16-27-9-3-5-12-32(27)36(34)37-33-13-6-4-10-28(33)17-19-35(37)46-25-31-24-43(42-41-31)23-30(11-7-8-21-39)40-38(44)29-14-15-29/h3-6,9-10,12-13,16-19,24,26,29-30H,7-8,11,14-15,20-23,25,39H2,1-2H3,(H,40,44)/t30-/m1/s1. The smallest absolute Gasteiger partial charge is 0.223 e. The molecular weight excluding hydrogens is 574 g/mol. The van der Waals surface area contributed by atoms with Crippen molar-refractivity contribution in [1.82, 2.24) is 20.3 Å². The van der Waals surface area contributed by atoms with Gasteiger partial charge in [-0.1, -0.05) is 86.1 Å². The number of rotatable bonds is 16. The Hall–Kier alpha value is -4.43. The maximum atomic E-state index is 12.5. The highest BCUT2D eigenvalue weighted by atomic mass is 16.5. The molecule has 1 aliphatic rings. The molecule has 0 spiro atoms. The first-order valence-corrected chi connectivity index (χ1v) is 16.7. The average Bonchev–Trinajstić information content (AvgIpc) is 3.83. The number of hydrogen-bond donors (Lipinski definition) is 2. The highest BCUT2D eigenvalue weighted by Gasteiger charge is 2.31. The summed E-state index contributed by atoms with van der Waals surface area (Å²) in [6.07, 6.45) is 7.59. The normalized spacial score (nSPS) is 13.7. The van der Waals surface area contributed by atoms with Crippen LogP contribution in [0.3, 0.4) is 0 Å². The highest BCUT2D eigenvalue weighted by molar-refractivity contribution is 6.09. The molecule has 0 saturated heterocycles. The molecule has 3 N–H and O–H groups in total.